The van der Waals surface area contributed by atoms with Crippen LogP contribution in [0.2, 0.25) is 0 Å². The van der Waals surface area contributed by atoms with Gasteiger partial charge in [0.1, 0.15) is 6.61 Å². The van der Waals surface area contributed by atoms with Gasteiger partial charge in [0.05, 0.1) is 11.1 Å². The monoisotopic (exact) mass is 580 g/mol. The topological polar surface area (TPSA) is 62.1 Å². The molecule has 0 radical (unpaired) electrons. The maximum Gasteiger partial charge on any atom is 0.457 e. The molecule has 5 atom stereocenters. The first-order valence-electron chi connectivity index (χ1n) is 15.2. The molecule has 42 heavy (non-hydrogen) atoms. The Morgan fingerprint density at radius 1 is 1.14 bits per heavy atom. The average Bonchev–Trinajstić information content (AvgIpc) is 3.62. The molecular formula is C34H39F3N2O3. The van der Waals surface area contributed by atoms with E-state index in [9.17, 15) is 23.2 Å². The molecule has 1 aliphatic heterocycles. The number of methoxy groups -OCH3 is 1. The summed E-state index contributed by atoms with van der Waals surface area (Å²) in [6.07, 6.45) is 4.33. The van der Waals surface area contributed by atoms with Crippen molar-refractivity contribution in [3.8, 4) is 11.8 Å². The highest BCUT2D eigenvalue weighted by Gasteiger charge is 2.65. The lowest BCUT2D eigenvalue weighted by Crippen LogP contribution is -2.51. The Kier molecular flexibility index (Phi) is 7.54. The van der Waals surface area contributed by atoms with E-state index < -0.39 is 17.0 Å². The van der Waals surface area contributed by atoms with E-state index >= 15 is 0 Å². The van der Waals surface area contributed by atoms with Crippen LogP contribution in [0.4, 0.5) is 18.9 Å². The van der Waals surface area contributed by atoms with E-state index in [1.807, 2.05) is 13.0 Å². The van der Waals surface area contributed by atoms with Crippen molar-refractivity contribution in [3.63, 3.8) is 0 Å². The van der Waals surface area contributed by atoms with Crippen molar-refractivity contribution >= 4 is 17.2 Å². The van der Waals surface area contributed by atoms with Crippen LogP contribution in [0.15, 0.2) is 52.2 Å². The van der Waals surface area contributed by atoms with Gasteiger partial charge in [-0.25, -0.2) is 0 Å². The zero-order valence-electron chi connectivity index (χ0n) is 24.4. The van der Waals surface area contributed by atoms with Crippen LogP contribution in [0.25, 0.3) is 0 Å². The molecule has 0 amide bonds. The summed E-state index contributed by atoms with van der Waals surface area (Å²) in [7, 11) is 1.41. The van der Waals surface area contributed by atoms with Crippen LogP contribution < -0.4 is 4.90 Å². The van der Waals surface area contributed by atoms with Gasteiger partial charge in [-0.15, -0.1) is 0 Å². The summed E-state index contributed by atoms with van der Waals surface area (Å²) < 4.78 is 45.8. The number of hydrogen-bond acceptors (Lipinski definition) is 5. The van der Waals surface area contributed by atoms with Gasteiger partial charge in [0, 0.05) is 37.7 Å². The number of benzene rings is 1. The molecule has 5 nitrogen and oxygen atoms in total. The van der Waals surface area contributed by atoms with Crippen molar-refractivity contribution in [2.24, 2.45) is 27.8 Å². The molecule has 0 spiro atoms. The predicted octanol–water partition coefficient (Wildman–Crippen LogP) is 7.22. The summed E-state index contributed by atoms with van der Waals surface area (Å²) in [5, 5.41) is 13.0. The number of allylic oxidation sites excluding steroid dienone is 4. The van der Waals surface area contributed by atoms with Gasteiger partial charge in [-0.05, 0) is 110 Å². The largest absolute Gasteiger partial charge is 0.457 e. The number of alkyl halides is 3. The molecule has 224 valence electrons. The third kappa shape index (κ3) is 4.78. The number of Topliss-reactive ketones (excluding diaryl/α,β-unsaturated/α-hetero) is 1. The standard InChI is InChI=1S/C34H39F3N2O3/c1-32-20-28(22-5-9-25(10-6-22)39-17-3-4-18-39)31-26-12-8-24(38-41)19-23(26)7-11-27(31)29(32)13-14-33(32,30(40)21-42-2)15-16-34(35,36)37/h5-6,9-10,19,27-29,41H,3-4,7-8,11-14,17-18,20-21H2,1-2H3/t27-,28+,29-,32-,33-/m0/s1. The molecule has 2 saturated carbocycles. The Bertz CT molecular complexity index is 1390. The maximum absolute atomic E-state index is 13.8. The second kappa shape index (κ2) is 10.9. The van der Waals surface area contributed by atoms with Crippen LogP contribution in [0.3, 0.4) is 0 Å². The maximum atomic E-state index is 13.8. The minimum atomic E-state index is -4.68. The van der Waals surface area contributed by atoms with E-state index in [4.69, 9.17) is 4.74 Å². The molecule has 1 aromatic rings. The van der Waals surface area contributed by atoms with Crippen LogP contribution in [-0.2, 0) is 9.53 Å². The third-order valence-electron chi connectivity index (χ3n) is 11.0. The summed E-state index contributed by atoms with van der Waals surface area (Å²) in [5.74, 6) is 3.90. The fourth-order valence-electron chi connectivity index (χ4n) is 9.14. The predicted molar refractivity (Wildman–Crippen MR) is 156 cm³/mol. The normalized spacial score (nSPS) is 33.5. The third-order valence-corrected chi connectivity index (χ3v) is 11.0. The highest BCUT2D eigenvalue weighted by atomic mass is 19.4. The number of rotatable bonds is 5. The highest BCUT2D eigenvalue weighted by molar-refractivity contribution is 5.97. The second-order valence-corrected chi connectivity index (χ2v) is 13.0. The summed E-state index contributed by atoms with van der Waals surface area (Å²) in [5.41, 5.74) is 4.74. The lowest BCUT2D eigenvalue weighted by molar-refractivity contribution is -0.136. The van der Waals surface area contributed by atoms with Gasteiger partial charge in [0.2, 0.25) is 0 Å². The molecule has 6 rings (SSSR count). The molecule has 1 aromatic carbocycles. The molecule has 1 saturated heterocycles. The number of ketones is 1. The first kappa shape index (κ1) is 29.0. The number of fused-ring (bicyclic) bond motifs is 4. The first-order chi connectivity index (χ1) is 20.1. The molecule has 1 heterocycles. The fourth-order valence-corrected chi connectivity index (χ4v) is 9.14. The van der Waals surface area contributed by atoms with E-state index in [-0.39, 0.29) is 30.1 Å². The molecule has 8 heteroatoms. The van der Waals surface area contributed by atoms with Crippen LogP contribution in [-0.4, -0.2) is 49.7 Å². The van der Waals surface area contributed by atoms with Crippen LogP contribution >= 0.6 is 0 Å². The SMILES string of the molecule is COCC(=O)[C@@]1(C#CC(F)(F)F)CC[C@H]2[C@@H]3CCC4=CC(=NO)CCC4=C3[C@@H](c3ccc(N4CCCC4)cc3)C[C@@]21C. The lowest BCUT2D eigenvalue weighted by Gasteiger charge is -2.54. The Morgan fingerprint density at radius 3 is 2.55 bits per heavy atom. The number of oxime groups is 1. The Morgan fingerprint density at radius 2 is 1.88 bits per heavy atom. The minimum absolute atomic E-state index is 0.0397. The zero-order chi connectivity index (χ0) is 29.7. The van der Waals surface area contributed by atoms with Crippen molar-refractivity contribution < 1.29 is 27.9 Å². The minimum Gasteiger partial charge on any atom is -0.411 e. The van der Waals surface area contributed by atoms with E-state index in [0.29, 0.717) is 31.4 Å². The van der Waals surface area contributed by atoms with Crippen molar-refractivity contribution in [1.29, 1.82) is 0 Å². The summed E-state index contributed by atoms with van der Waals surface area (Å²) in [6, 6.07) is 8.72. The first-order valence-corrected chi connectivity index (χ1v) is 15.2. The smallest absolute Gasteiger partial charge is 0.411 e. The Hall–Kier alpha value is -3.05. The number of carbonyl (C=O) groups is 1. The van der Waals surface area contributed by atoms with Crippen molar-refractivity contribution in [2.75, 3.05) is 31.7 Å². The fraction of sp³-hybridized carbons (Fsp3) is 0.588. The average molecular weight is 581 g/mol. The van der Waals surface area contributed by atoms with E-state index in [2.05, 4.69) is 40.2 Å². The number of anilines is 1. The zero-order valence-corrected chi connectivity index (χ0v) is 24.4. The molecular weight excluding hydrogens is 541 g/mol. The molecule has 0 aromatic heterocycles. The van der Waals surface area contributed by atoms with Crippen molar-refractivity contribution in [1.82, 2.24) is 0 Å². The quantitative estimate of drug-likeness (QED) is 0.227. The van der Waals surface area contributed by atoms with E-state index in [1.165, 1.54) is 48.3 Å². The number of nitrogens with zero attached hydrogens (tertiary/aromatic N) is 2. The van der Waals surface area contributed by atoms with Gasteiger partial charge in [-0.1, -0.05) is 35.7 Å². The second-order valence-electron chi connectivity index (χ2n) is 13.0. The number of halogens is 3. The van der Waals surface area contributed by atoms with E-state index in [1.54, 1.807) is 0 Å². The number of ether oxygens (including phenoxy) is 1. The van der Waals surface area contributed by atoms with Gasteiger partial charge in [-0.3, -0.25) is 4.79 Å². The van der Waals surface area contributed by atoms with Crippen LogP contribution in [0.1, 0.15) is 76.2 Å². The molecule has 0 unspecified atom stereocenters. The van der Waals surface area contributed by atoms with Crippen LogP contribution in [0, 0.1) is 34.5 Å². The molecule has 1 N–H and O–H groups in total. The van der Waals surface area contributed by atoms with E-state index in [0.717, 1.165) is 37.9 Å². The number of carbonyl (C=O) groups excluding carboxylic acids is 1. The van der Waals surface area contributed by atoms with Gasteiger partial charge in [0.25, 0.3) is 0 Å². The highest BCUT2D eigenvalue weighted by Crippen LogP contribution is 2.69. The summed E-state index contributed by atoms with van der Waals surface area (Å²) >= 11 is 0. The van der Waals surface area contributed by atoms with Crippen molar-refractivity contribution in [2.45, 2.75) is 76.8 Å². The van der Waals surface area contributed by atoms with Gasteiger partial charge >= 0.3 is 6.18 Å². The summed E-state index contributed by atoms with van der Waals surface area (Å²) in [4.78, 5) is 16.2. The lowest BCUT2D eigenvalue weighted by atomic mass is 9.48. The van der Waals surface area contributed by atoms with Gasteiger partial charge in [-0.2, -0.15) is 13.2 Å². The molecule has 0 bridgehead atoms. The Labute approximate surface area is 245 Å². The molecule has 3 fully saturated rings. The van der Waals surface area contributed by atoms with Crippen LogP contribution in [0.5, 0.6) is 0 Å². The van der Waals surface area contributed by atoms with Gasteiger partial charge in [0.15, 0.2) is 5.78 Å². The van der Waals surface area contributed by atoms with Gasteiger partial charge < -0.3 is 14.8 Å². The summed E-state index contributed by atoms with van der Waals surface area (Å²) in [6.45, 7) is 3.87. The van der Waals surface area contributed by atoms with Crippen molar-refractivity contribution in [3.05, 3.63) is 52.6 Å². The Balaban J connectivity index is 1.50. The number of hydrogen-bond donors (Lipinski definition) is 1. The molecule has 4 aliphatic carbocycles. The molecule has 5 aliphatic rings.